The van der Waals surface area contributed by atoms with Crippen molar-refractivity contribution in [3.8, 4) is 6.07 Å². The van der Waals surface area contributed by atoms with Crippen LogP contribution in [0, 0.1) is 11.3 Å². The minimum Gasteiger partial charge on any atom is -0.418 e. The van der Waals surface area contributed by atoms with E-state index in [2.05, 4.69) is 273 Å². The normalized spacial score (nSPS) is 10.3. The molecule has 1 nitrogen and oxygen atoms in total. The standard InChI is InChI=1S/3C18H15P.C2H3N.2BF4.Pd/c3*1-4-10-16(11-5-1)19(17-12-6-2-7-13-17)18-14-8-3-9-15-18;1-2-3;2*2-1(3,4)5;/h3*1-15H;1H3;;;/q;;;;2*-1;+2. The maximum Gasteiger partial charge on any atom is 2.00 e. The van der Waals surface area contributed by atoms with E-state index in [9.17, 15) is 34.5 Å². The summed E-state index contributed by atoms with van der Waals surface area (Å²) in [6.45, 7) is 1.43. The number of hydrogen-bond acceptors (Lipinski definition) is 1. The predicted molar refractivity (Wildman–Crippen MR) is 287 cm³/mol. The molecule has 364 valence electrons. The van der Waals surface area contributed by atoms with Crippen LogP contribution in [0.15, 0.2) is 273 Å². The van der Waals surface area contributed by atoms with Crippen molar-refractivity contribution in [3.63, 3.8) is 0 Å². The van der Waals surface area contributed by atoms with Crippen molar-refractivity contribution >= 4 is 86.0 Å². The van der Waals surface area contributed by atoms with E-state index in [0.717, 1.165) is 0 Å². The van der Waals surface area contributed by atoms with E-state index in [0.29, 0.717) is 0 Å². The quantitative estimate of drug-likeness (QED) is 0.0803. The van der Waals surface area contributed by atoms with Gasteiger partial charge in [0.2, 0.25) is 0 Å². The summed E-state index contributed by atoms with van der Waals surface area (Å²) in [6, 6.07) is 98.7. The molecular formula is C56H48B2F8NP3Pd. The molecule has 0 bridgehead atoms. The first-order valence-corrected chi connectivity index (χ1v) is 25.7. The van der Waals surface area contributed by atoms with E-state index >= 15 is 0 Å². The van der Waals surface area contributed by atoms with Crippen LogP contribution >= 0.6 is 23.8 Å². The molecule has 0 atom stereocenters. The largest absolute Gasteiger partial charge is 2.00 e. The Morgan fingerprint density at radius 3 is 0.394 bits per heavy atom. The Morgan fingerprint density at radius 2 is 0.324 bits per heavy atom. The molecule has 71 heavy (non-hydrogen) atoms. The summed E-state index contributed by atoms with van der Waals surface area (Å²) >= 11 is 0. The molecule has 0 fully saturated rings. The van der Waals surface area contributed by atoms with E-state index < -0.39 is 38.3 Å². The van der Waals surface area contributed by atoms with E-state index in [4.69, 9.17) is 5.26 Å². The van der Waals surface area contributed by atoms with Crippen molar-refractivity contribution in [2.75, 3.05) is 0 Å². The summed E-state index contributed by atoms with van der Waals surface area (Å²) < 4.78 is 78.0. The Bertz CT molecular complexity index is 2190. The summed E-state index contributed by atoms with van der Waals surface area (Å²) in [5.41, 5.74) is 0. The number of nitriles is 1. The van der Waals surface area contributed by atoms with Crippen LogP contribution in [0.2, 0.25) is 0 Å². The van der Waals surface area contributed by atoms with Crippen molar-refractivity contribution in [2.24, 2.45) is 0 Å². The fraction of sp³-hybridized carbons (Fsp3) is 0.0179. The SMILES string of the molecule is CC#N.F[B-](F)(F)F.F[B-](F)(F)F.[Pd+2].c1ccc(P(c2ccccc2)c2ccccc2)cc1.c1ccc(P(c2ccccc2)c2ccccc2)cc1.c1ccc(P(c2ccccc2)c2ccccc2)cc1. The van der Waals surface area contributed by atoms with Gasteiger partial charge in [0, 0.05) is 6.92 Å². The van der Waals surface area contributed by atoms with Gasteiger partial charge in [0.15, 0.2) is 0 Å². The molecule has 9 aromatic rings. The van der Waals surface area contributed by atoms with Crippen molar-refractivity contribution in [2.45, 2.75) is 6.92 Å². The Labute approximate surface area is 429 Å². The Hall–Kier alpha value is -6.01. The van der Waals surface area contributed by atoms with Gasteiger partial charge < -0.3 is 34.5 Å². The molecule has 0 N–H and O–H groups in total. The van der Waals surface area contributed by atoms with E-state index in [-0.39, 0.29) is 20.4 Å². The van der Waals surface area contributed by atoms with Crippen LogP contribution in [-0.4, -0.2) is 14.5 Å². The van der Waals surface area contributed by atoms with Crippen LogP contribution in [0.25, 0.3) is 0 Å². The van der Waals surface area contributed by atoms with E-state index in [1.807, 2.05) is 0 Å². The molecule has 0 saturated carbocycles. The number of halogens is 8. The third kappa shape index (κ3) is 23.6. The van der Waals surface area contributed by atoms with Crippen LogP contribution in [-0.2, 0) is 20.4 Å². The van der Waals surface area contributed by atoms with Crippen molar-refractivity contribution in [1.82, 2.24) is 0 Å². The van der Waals surface area contributed by atoms with Crippen molar-refractivity contribution in [1.29, 1.82) is 5.26 Å². The van der Waals surface area contributed by atoms with Gasteiger partial charge in [-0.25, -0.2) is 0 Å². The van der Waals surface area contributed by atoms with E-state index in [1.165, 1.54) is 54.7 Å². The third-order valence-corrected chi connectivity index (χ3v) is 16.5. The number of benzene rings is 9. The fourth-order valence-electron chi connectivity index (χ4n) is 6.54. The molecular weight excluding hydrogens is 1060 g/mol. The monoisotopic (exact) mass is 1110 g/mol. The van der Waals surface area contributed by atoms with Gasteiger partial charge in [-0.2, -0.15) is 5.26 Å². The van der Waals surface area contributed by atoms with Gasteiger partial charge in [0.25, 0.3) is 0 Å². The molecule has 0 aliphatic heterocycles. The average Bonchev–Trinajstić information content (AvgIpc) is 3.37. The molecule has 0 unspecified atom stereocenters. The van der Waals surface area contributed by atoms with E-state index in [1.54, 1.807) is 6.07 Å². The Balaban J connectivity index is 0.000000249. The fourth-order valence-corrected chi connectivity index (χ4v) is 13.5. The van der Waals surface area contributed by atoms with Gasteiger partial charge in [-0.05, 0) is 71.5 Å². The van der Waals surface area contributed by atoms with Gasteiger partial charge in [0.1, 0.15) is 0 Å². The average molecular weight is 1110 g/mol. The molecule has 0 aromatic heterocycles. The number of nitrogens with zero attached hydrogens (tertiary/aromatic N) is 1. The van der Waals surface area contributed by atoms with Gasteiger partial charge in [-0.15, -0.1) is 0 Å². The molecule has 0 amide bonds. The molecule has 0 aliphatic rings. The Kier molecular flexibility index (Phi) is 27.4. The van der Waals surface area contributed by atoms with Gasteiger partial charge >= 0.3 is 34.9 Å². The van der Waals surface area contributed by atoms with Gasteiger partial charge in [-0.3, -0.25) is 0 Å². The molecule has 9 aromatic carbocycles. The Morgan fingerprint density at radius 1 is 0.254 bits per heavy atom. The zero-order valence-corrected chi connectivity index (χ0v) is 42.5. The molecule has 0 radical (unpaired) electrons. The smallest absolute Gasteiger partial charge is 0.418 e. The minimum absolute atomic E-state index is 0. The maximum absolute atomic E-state index is 9.75. The second kappa shape index (κ2) is 32.8. The molecule has 0 heterocycles. The summed E-state index contributed by atoms with van der Waals surface area (Å²) in [5.74, 6) is 0. The maximum atomic E-state index is 9.75. The minimum atomic E-state index is -6.00. The first-order valence-electron chi connectivity index (χ1n) is 21.7. The number of hydrogen-bond donors (Lipinski definition) is 0. The topological polar surface area (TPSA) is 23.8 Å². The summed E-state index contributed by atoms with van der Waals surface area (Å²) in [4.78, 5) is 0. The van der Waals surface area contributed by atoms with Crippen molar-refractivity contribution in [3.05, 3.63) is 273 Å². The van der Waals surface area contributed by atoms with Crippen LogP contribution in [0.4, 0.5) is 34.5 Å². The van der Waals surface area contributed by atoms with Crippen LogP contribution in [0.5, 0.6) is 0 Å². The zero-order chi connectivity index (χ0) is 50.5. The predicted octanol–water partition coefficient (Wildman–Crippen LogP) is 13.5. The van der Waals surface area contributed by atoms with Crippen LogP contribution < -0.4 is 47.7 Å². The van der Waals surface area contributed by atoms with Crippen molar-refractivity contribution < 1.29 is 54.9 Å². The second-order valence-corrected chi connectivity index (χ2v) is 20.9. The van der Waals surface area contributed by atoms with Gasteiger partial charge in [0.05, 0.1) is 6.07 Å². The zero-order valence-electron chi connectivity index (χ0n) is 38.3. The third-order valence-electron chi connectivity index (χ3n) is 9.13. The first kappa shape index (κ1) is 59.3. The molecule has 9 rings (SSSR count). The van der Waals surface area contributed by atoms with Gasteiger partial charge in [-0.1, -0.05) is 273 Å². The molecule has 0 saturated heterocycles. The second-order valence-electron chi connectivity index (χ2n) is 14.2. The summed E-state index contributed by atoms with van der Waals surface area (Å²) in [6.07, 6.45) is 0. The van der Waals surface area contributed by atoms with Crippen LogP contribution in [0.3, 0.4) is 0 Å². The summed E-state index contributed by atoms with van der Waals surface area (Å²) in [7, 11) is -13.3. The molecule has 0 spiro atoms. The summed E-state index contributed by atoms with van der Waals surface area (Å²) in [5, 5.41) is 19.9. The van der Waals surface area contributed by atoms with Crippen LogP contribution in [0.1, 0.15) is 6.92 Å². The first-order chi connectivity index (χ1) is 33.8. The molecule has 15 heteroatoms. The number of rotatable bonds is 9. The molecule has 0 aliphatic carbocycles.